The molecular weight excluding hydrogens is 1030 g/mol. The van der Waals surface area contributed by atoms with E-state index in [2.05, 4.69) is 184 Å². The molecule has 0 radical (unpaired) electrons. The van der Waals surface area contributed by atoms with Crippen LogP contribution >= 0.6 is 0 Å². The second-order valence-electron chi connectivity index (χ2n) is 21.9. The molecule has 0 heterocycles. The average molecular weight is 1150 g/mol. The van der Waals surface area contributed by atoms with Gasteiger partial charge in [-0.25, -0.2) is 0 Å². The lowest BCUT2D eigenvalue weighted by molar-refractivity contribution is -0.870. The number of hydrogen-bond donors (Lipinski definition) is 0. The fraction of sp³-hybridized carbons (Fsp3) is 0.581. The maximum absolute atomic E-state index is 12.9. The molecule has 0 saturated heterocycles. The Labute approximate surface area is 507 Å². The summed E-state index contributed by atoms with van der Waals surface area (Å²) in [6.07, 6.45) is 91.2. The standard InChI is InChI=1S/C74H117NO8/c1-6-8-10-12-14-16-18-20-22-24-26-28-29-30-31-32-33-34-35-36-37-38-39-40-41-42-43-45-47-49-51-53-55-57-59-61-63-65-72(77)83-70(69-82-74(73(78)79)80-67-66-75(3,4)5)68-81-71(76)64-62-60-58-56-54-52-50-48-46-44-27-25-23-21-19-17-15-13-11-9-7-2/h8-11,14-17,20-23,26-28,30-31,33-34,36-37,39-40,42-44,48,50,70,74H,6-7,12-13,18-19,24-25,29,32,35,38,41,45-47,49,51-69H2,1-5H3/b10-8-,11-9-,16-14-,17-15-,22-20-,23-21-,28-26-,31-30-,34-33-,37-36-,40-39-,43-42-,44-27-,50-48-. The summed E-state index contributed by atoms with van der Waals surface area (Å²) in [7, 11) is 5.90. The lowest BCUT2D eigenvalue weighted by Gasteiger charge is -2.26. The smallest absolute Gasteiger partial charge is 0.306 e. The minimum atomic E-state index is -1.64. The fourth-order valence-electron chi connectivity index (χ4n) is 8.08. The van der Waals surface area contributed by atoms with E-state index in [-0.39, 0.29) is 38.6 Å². The van der Waals surface area contributed by atoms with Gasteiger partial charge in [0, 0.05) is 12.8 Å². The van der Waals surface area contributed by atoms with Gasteiger partial charge in [0.25, 0.3) is 0 Å². The molecule has 0 fully saturated rings. The highest BCUT2D eigenvalue weighted by Gasteiger charge is 2.22. The molecule has 2 atom stereocenters. The van der Waals surface area contributed by atoms with Crippen LogP contribution in [0.15, 0.2) is 170 Å². The molecule has 0 aromatic rings. The van der Waals surface area contributed by atoms with Crippen LogP contribution in [-0.4, -0.2) is 82.3 Å². The monoisotopic (exact) mass is 1150 g/mol. The van der Waals surface area contributed by atoms with Crippen molar-refractivity contribution in [3.05, 3.63) is 170 Å². The van der Waals surface area contributed by atoms with Gasteiger partial charge in [0.1, 0.15) is 13.2 Å². The van der Waals surface area contributed by atoms with E-state index < -0.39 is 24.3 Å². The van der Waals surface area contributed by atoms with Crippen LogP contribution in [-0.2, 0) is 33.3 Å². The number of quaternary nitrogens is 1. The summed E-state index contributed by atoms with van der Waals surface area (Å²) in [5.74, 6) is -2.34. The van der Waals surface area contributed by atoms with Gasteiger partial charge in [-0.3, -0.25) is 9.59 Å². The quantitative estimate of drug-likeness (QED) is 0.0195. The molecule has 2 unspecified atom stereocenters. The Kier molecular flexibility index (Phi) is 58.6. The number of carbonyl (C=O) groups is 3. The Morgan fingerprint density at radius 1 is 0.361 bits per heavy atom. The largest absolute Gasteiger partial charge is 0.545 e. The molecule has 83 heavy (non-hydrogen) atoms. The molecule has 0 aliphatic carbocycles. The van der Waals surface area contributed by atoms with Gasteiger partial charge in [-0.2, -0.15) is 0 Å². The third-order valence-corrected chi connectivity index (χ3v) is 13.0. The first-order valence-electron chi connectivity index (χ1n) is 32.3. The lowest BCUT2D eigenvalue weighted by Crippen LogP contribution is -2.44. The van der Waals surface area contributed by atoms with Crippen LogP contribution in [0.3, 0.4) is 0 Å². The normalized spacial score (nSPS) is 13.9. The summed E-state index contributed by atoms with van der Waals surface area (Å²) >= 11 is 0. The maximum Gasteiger partial charge on any atom is 0.306 e. The minimum absolute atomic E-state index is 0.133. The lowest BCUT2D eigenvalue weighted by atomic mass is 10.1. The second-order valence-corrected chi connectivity index (χ2v) is 21.9. The van der Waals surface area contributed by atoms with E-state index in [1.54, 1.807) is 0 Å². The highest BCUT2D eigenvalue weighted by molar-refractivity contribution is 5.70. The molecule has 0 aromatic carbocycles. The molecule has 0 aromatic heterocycles. The minimum Gasteiger partial charge on any atom is -0.545 e. The number of rotatable bonds is 57. The van der Waals surface area contributed by atoms with E-state index in [1.165, 1.54) is 32.1 Å². The topological polar surface area (TPSA) is 111 Å². The number of hydrogen-bond acceptors (Lipinski definition) is 8. The highest BCUT2D eigenvalue weighted by Crippen LogP contribution is 2.14. The van der Waals surface area contributed by atoms with Gasteiger partial charge in [-0.05, 0) is 128 Å². The Morgan fingerprint density at radius 3 is 0.964 bits per heavy atom. The van der Waals surface area contributed by atoms with Crippen molar-refractivity contribution >= 4 is 17.9 Å². The van der Waals surface area contributed by atoms with Crippen molar-refractivity contribution < 1.29 is 42.9 Å². The van der Waals surface area contributed by atoms with Gasteiger partial charge in [-0.15, -0.1) is 0 Å². The molecule has 9 nitrogen and oxygen atoms in total. The first-order chi connectivity index (χ1) is 40.6. The SMILES string of the molecule is CC/C=C\C/C=C\C/C=C\C/C=C\C/C=C\C/C=C\C/C=C\C/C=C\C/C=C\CCCCCCCCCCCC(=O)OC(COC(=O)CCCCCCC/C=C\C/C=C\C/C=C\C/C=C\C/C=C\CC)COC(OCC[N+](C)(C)C)C(=O)[O-]. The number of allylic oxidation sites excluding steroid dienone is 28. The number of aliphatic carboxylic acids is 1. The van der Waals surface area contributed by atoms with E-state index >= 15 is 0 Å². The van der Waals surface area contributed by atoms with E-state index in [0.717, 1.165) is 148 Å². The van der Waals surface area contributed by atoms with Crippen molar-refractivity contribution in [2.75, 3.05) is 47.5 Å². The van der Waals surface area contributed by atoms with Gasteiger partial charge in [0.15, 0.2) is 12.4 Å². The number of nitrogens with zero attached hydrogens (tertiary/aromatic N) is 1. The van der Waals surface area contributed by atoms with Crippen molar-refractivity contribution in [3.8, 4) is 0 Å². The summed E-state index contributed by atoms with van der Waals surface area (Å²) in [4.78, 5) is 37.4. The van der Waals surface area contributed by atoms with Crippen molar-refractivity contribution in [2.45, 2.75) is 232 Å². The summed E-state index contributed by atoms with van der Waals surface area (Å²) in [6.45, 7) is 4.46. The number of carboxylic acids is 1. The molecule has 0 N–H and O–H groups in total. The number of esters is 2. The number of likely N-dealkylation sites (N-methyl/N-ethyl adjacent to an activating group) is 1. The highest BCUT2D eigenvalue weighted by atomic mass is 16.7. The molecule has 0 aliphatic rings. The van der Waals surface area contributed by atoms with E-state index in [9.17, 15) is 19.5 Å². The van der Waals surface area contributed by atoms with Crippen LogP contribution in [0.25, 0.3) is 0 Å². The predicted molar refractivity (Wildman–Crippen MR) is 351 cm³/mol. The predicted octanol–water partition coefficient (Wildman–Crippen LogP) is 18.6. The molecule has 466 valence electrons. The van der Waals surface area contributed by atoms with Crippen LogP contribution < -0.4 is 5.11 Å². The zero-order valence-corrected chi connectivity index (χ0v) is 53.0. The van der Waals surface area contributed by atoms with Crippen molar-refractivity contribution in [1.82, 2.24) is 0 Å². The van der Waals surface area contributed by atoms with Gasteiger partial charge >= 0.3 is 11.9 Å². The Morgan fingerprint density at radius 2 is 0.651 bits per heavy atom. The molecule has 0 amide bonds. The van der Waals surface area contributed by atoms with Crippen LogP contribution in [0.4, 0.5) is 0 Å². The molecule has 0 rings (SSSR count). The van der Waals surface area contributed by atoms with Gasteiger partial charge in [0.2, 0.25) is 0 Å². The molecule has 0 bridgehead atoms. The first kappa shape index (κ1) is 77.7. The van der Waals surface area contributed by atoms with Crippen molar-refractivity contribution in [3.63, 3.8) is 0 Å². The average Bonchev–Trinajstić information content (AvgIpc) is 3.46. The van der Waals surface area contributed by atoms with Crippen molar-refractivity contribution in [1.29, 1.82) is 0 Å². The molecule has 0 spiro atoms. The second kappa shape index (κ2) is 62.7. The number of carbonyl (C=O) groups excluding carboxylic acids is 3. The number of ether oxygens (including phenoxy) is 4. The van der Waals surface area contributed by atoms with Crippen molar-refractivity contribution in [2.24, 2.45) is 0 Å². The van der Waals surface area contributed by atoms with Crippen LogP contribution in [0.1, 0.15) is 219 Å². The fourth-order valence-corrected chi connectivity index (χ4v) is 8.08. The third-order valence-electron chi connectivity index (χ3n) is 13.0. The van der Waals surface area contributed by atoms with Crippen LogP contribution in [0.5, 0.6) is 0 Å². The van der Waals surface area contributed by atoms with E-state index in [4.69, 9.17) is 18.9 Å². The zero-order valence-electron chi connectivity index (χ0n) is 53.0. The van der Waals surface area contributed by atoms with Gasteiger partial charge < -0.3 is 33.3 Å². The Bertz CT molecular complexity index is 1960. The Hall–Kier alpha value is -5.35. The summed E-state index contributed by atoms with van der Waals surface area (Å²) in [5.41, 5.74) is 0. The molecule has 9 heteroatoms. The zero-order chi connectivity index (χ0) is 60.5. The van der Waals surface area contributed by atoms with E-state index in [0.29, 0.717) is 23.9 Å². The first-order valence-corrected chi connectivity index (χ1v) is 32.3. The van der Waals surface area contributed by atoms with E-state index in [1.807, 2.05) is 21.1 Å². The Balaban J connectivity index is 4.25. The summed E-state index contributed by atoms with van der Waals surface area (Å²) in [6, 6.07) is 0. The molecule has 0 aliphatic heterocycles. The summed E-state index contributed by atoms with van der Waals surface area (Å²) in [5, 5.41) is 11.8. The summed E-state index contributed by atoms with van der Waals surface area (Å²) < 4.78 is 22.7. The number of carboxylic acid groups (broad SMARTS) is 1. The maximum atomic E-state index is 12.9. The van der Waals surface area contributed by atoms with Crippen LogP contribution in [0.2, 0.25) is 0 Å². The number of unbranched alkanes of at least 4 members (excludes halogenated alkanes) is 14. The van der Waals surface area contributed by atoms with Gasteiger partial charge in [0.05, 0.1) is 40.3 Å². The third kappa shape index (κ3) is 64.1. The van der Waals surface area contributed by atoms with Gasteiger partial charge in [-0.1, -0.05) is 248 Å². The molecule has 0 saturated carbocycles. The van der Waals surface area contributed by atoms with Crippen LogP contribution in [0, 0.1) is 0 Å². The molecular formula is C74H117NO8.